The third-order valence-corrected chi connectivity index (χ3v) is 4.63. The summed E-state index contributed by atoms with van der Waals surface area (Å²) in [5.74, 6) is 0. The number of anilines is 1. The van der Waals surface area contributed by atoms with Crippen LogP contribution in [-0.2, 0) is 4.74 Å². The highest BCUT2D eigenvalue weighted by Crippen LogP contribution is 2.15. The second kappa shape index (κ2) is 8.13. The van der Waals surface area contributed by atoms with Gasteiger partial charge in [-0.05, 0) is 50.1 Å². The smallest absolute Gasteiger partial charge is 0.321 e. The van der Waals surface area contributed by atoms with Gasteiger partial charge in [0.15, 0.2) is 0 Å². The third-order valence-electron chi connectivity index (χ3n) is 4.63. The molecule has 3 rings (SSSR count). The Labute approximate surface area is 143 Å². The number of benzene rings is 1. The van der Waals surface area contributed by atoms with E-state index in [1.807, 2.05) is 4.90 Å². The van der Waals surface area contributed by atoms with Crippen molar-refractivity contribution in [3.63, 3.8) is 0 Å². The van der Waals surface area contributed by atoms with E-state index in [9.17, 15) is 4.79 Å². The molecular weight excluding hydrogens is 304 g/mol. The van der Waals surface area contributed by atoms with Crippen molar-refractivity contribution in [3.8, 4) is 6.07 Å². The molecule has 2 heterocycles. The van der Waals surface area contributed by atoms with E-state index in [1.165, 1.54) is 0 Å². The zero-order chi connectivity index (χ0) is 16.8. The van der Waals surface area contributed by atoms with E-state index in [0.29, 0.717) is 11.7 Å². The Kier molecular flexibility index (Phi) is 5.68. The van der Waals surface area contributed by atoms with Gasteiger partial charge in [-0.1, -0.05) is 0 Å². The Morgan fingerprint density at radius 3 is 2.75 bits per heavy atom. The highest BCUT2D eigenvalue weighted by Gasteiger charge is 2.23. The minimum Gasteiger partial charge on any atom is -0.377 e. The zero-order valence-corrected chi connectivity index (χ0v) is 13.9. The van der Waals surface area contributed by atoms with E-state index in [1.54, 1.807) is 24.3 Å². The van der Waals surface area contributed by atoms with E-state index in [0.717, 1.165) is 64.3 Å². The normalized spacial score (nSPS) is 22.0. The molecule has 24 heavy (non-hydrogen) atoms. The fraction of sp³-hybridized carbons (Fsp3) is 0.556. The lowest BCUT2D eigenvalue weighted by Gasteiger charge is -2.24. The number of ether oxygens (including phenoxy) is 1. The summed E-state index contributed by atoms with van der Waals surface area (Å²) in [7, 11) is 0. The summed E-state index contributed by atoms with van der Waals surface area (Å²) in [5, 5.41) is 11.7. The number of nitriles is 1. The maximum Gasteiger partial charge on any atom is 0.321 e. The molecule has 0 unspecified atom stereocenters. The summed E-state index contributed by atoms with van der Waals surface area (Å²) in [6, 6.07) is 8.95. The van der Waals surface area contributed by atoms with Gasteiger partial charge in [-0.25, -0.2) is 4.79 Å². The van der Waals surface area contributed by atoms with Crippen LogP contribution in [0.5, 0.6) is 0 Å². The molecule has 128 valence electrons. The van der Waals surface area contributed by atoms with Crippen molar-refractivity contribution in [1.29, 1.82) is 5.26 Å². The van der Waals surface area contributed by atoms with Crippen molar-refractivity contribution >= 4 is 11.7 Å². The first kappa shape index (κ1) is 16.7. The number of rotatable bonds is 3. The summed E-state index contributed by atoms with van der Waals surface area (Å²) < 4.78 is 5.71. The third kappa shape index (κ3) is 4.47. The topological polar surface area (TPSA) is 68.6 Å². The number of amides is 2. The number of nitrogens with zero attached hydrogens (tertiary/aromatic N) is 3. The van der Waals surface area contributed by atoms with Crippen LogP contribution in [-0.4, -0.2) is 61.3 Å². The van der Waals surface area contributed by atoms with Crippen molar-refractivity contribution in [3.05, 3.63) is 29.8 Å². The molecule has 2 amide bonds. The minimum absolute atomic E-state index is 0.0707. The van der Waals surface area contributed by atoms with Gasteiger partial charge in [0, 0.05) is 38.5 Å². The van der Waals surface area contributed by atoms with Crippen molar-refractivity contribution in [1.82, 2.24) is 9.80 Å². The molecule has 0 saturated carbocycles. The quantitative estimate of drug-likeness (QED) is 0.924. The van der Waals surface area contributed by atoms with Crippen LogP contribution in [0.3, 0.4) is 0 Å². The van der Waals surface area contributed by atoms with Gasteiger partial charge < -0.3 is 15.0 Å². The molecule has 0 bridgehead atoms. The van der Waals surface area contributed by atoms with Crippen LogP contribution in [0.15, 0.2) is 24.3 Å². The van der Waals surface area contributed by atoms with Gasteiger partial charge in [0.25, 0.3) is 0 Å². The molecule has 0 aliphatic carbocycles. The Hall–Kier alpha value is -2.10. The second-order valence-corrected chi connectivity index (χ2v) is 6.40. The largest absolute Gasteiger partial charge is 0.377 e. The molecule has 6 nitrogen and oxygen atoms in total. The number of carbonyl (C=O) groups is 1. The molecule has 6 heteroatoms. The van der Waals surface area contributed by atoms with Crippen molar-refractivity contribution in [2.24, 2.45) is 0 Å². The SMILES string of the molecule is N#Cc1ccc(NC(=O)N2CCCN(C[C@@H]3CCCO3)CC2)cc1. The standard InChI is InChI=1S/C18H24N4O2/c19-13-15-4-6-16(7-5-15)20-18(23)22-9-2-8-21(10-11-22)14-17-3-1-12-24-17/h4-7,17H,1-3,8-12,14H2,(H,20,23)/t17-/m0/s1. The van der Waals surface area contributed by atoms with Crippen LogP contribution >= 0.6 is 0 Å². The highest BCUT2D eigenvalue weighted by atomic mass is 16.5. The van der Waals surface area contributed by atoms with Gasteiger partial charge >= 0.3 is 6.03 Å². The fourth-order valence-electron chi connectivity index (χ4n) is 3.26. The Morgan fingerprint density at radius 2 is 2.04 bits per heavy atom. The van der Waals surface area contributed by atoms with Crippen molar-refractivity contribution in [2.45, 2.75) is 25.4 Å². The first-order chi connectivity index (χ1) is 11.7. The lowest BCUT2D eigenvalue weighted by molar-refractivity contribution is 0.0747. The molecule has 0 spiro atoms. The molecule has 2 aliphatic rings. The number of hydrogen-bond acceptors (Lipinski definition) is 4. The van der Waals surface area contributed by atoms with Gasteiger partial charge in [-0.2, -0.15) is 5.26 Å². The van der Waals surface area contributed by atoms with Gasteiger partial charge in [-0.3, -0.25) is 4.90 Å². The Bertz CT molecular complexity index is 590. The highest BCUT2D eigenvalue weighted by molar-refractivity contribution is 5.89. The Balaban J connectivity index is 1.49. The second-order valence-electron chi connectivity index (χ2n) is 6.40. The van der Waals surface area contributed by atoms with Crippen LogP contribution in [0, 0.1) is 11.3 Å². The minimum atomic E-state index is -0.0707. The maximum atomic E-state index is 12.4. The summed E-state index contributed by atoms with van der Waals surface area (Å²) in [6.07, 6.45) is 3.66. The lowest BCUT2D eigenvalue weighted by Crippen LogP contribution is -2.39. The summed E-state index contributed by atoms with van der Waals surface area (Å²) in [6.45, 7) is 5.27. The van der Waals surface area contributed by atoms with E-state index in [-0.39, 0.29) is 6.03 Å². The molecule has 1 N–H and O–H groups in total. The molecule has 1 aromatic rings. The monoisotopic (exact) mass is 328 g/mol. The Morgan fingerprint density at radius 1 is 1.21 bits per heavy atom. The van der Waals surface area contributed by atoms with Crippen molar-refractivity contribution in [2.75, 3.05) is 44.6 Å². The predicted molar refractivity (Wildman–Crippen MR) is 91.8 cm³/mol. The van der Waals surface area contributed by atoms with Gasteiger partial charge in [0.1, 0.15) is 0 Å². The lowest BCUT2D eigenvalue weighted by atomic mass is 10.2. The van der Waals surface area contributed by atoms with Crippen LogP contribution < -0.4 is 5.32 Å². The molecule has 2 fully saturated rings. The first-order valence-corrected chi connectivity index (χ1v) is 8.64. The van der Waals surface area contributed by atoms with E-state index in [2.05, 4.69) is 16.3 Å². The van der Waals surface area contributed by atoms with Crippen LogP contribution in [0.4, 0.5) is 10.5 Å². The van der Waals surface area contributed by atoms with E-state index >= 15 is 0 Å². The number of hydrogen-bond donors (Lipinski definition) is 1. The van der Waals surface area contributed by atoms with Crippen molar-refractivity contribution < 1.29 is 9.53 Å². The summed E-state index contributed by atoms with van der Waals surface area (Å²) >= 11 is 0. The number of nitrogens with one attached hydrogen (secondary N) is 1. The zero-order valence-electron chi connectivity index (χ0n) is 13.9. The molecular formula is C18H24N4O2. The van der Waals surface area contributed by atoms with Gasteiger partial charge in [0.05, 0.1) is 17.7 Å². The summed E-state index contributed by atoms with van der Waals surface area (Å²) in [5.41, 5.74) is 1.31. The average Bonchev–Trinajstić information content (AvgIpc) is 2.99. The summed E-state index contributed by atoms with van der Waals surface area (Å²) in [4.78, 5) is 16.7. The average molecular weight is 328 g/mol. The predicted octanol–water partition coefficient (Wildman–Crippen LogP) is 2.28. The van der Waals surface area contributed by atoms with Gasteiger partial charge in [0.2, 0.25) is 0 Å². The molecule has 2 saturated heterocycles. The van der Waals surface area contributed by atoms with Crippen LogP contribution in [0.25, 0.3) is 0 Å². The first-order valence-electron chi connectivity index (χ1n) is 8.64. The van der Waals surface area contributed by atoms with E-state index in [4.69, 9.17) is 10.00 Å². The van der Waals surface area contributed by atoms with Gasteiger partial charge in [-0.15, -0.1) is 0 Å². The van der Waals surface area contributed by atoms with Crippen LogP contribution in [0.1, 0.15) is 24.8 Å². The maximum absolute atomic E-state index is 12.4. The van der Waals surface area contributed by atoms with Crippen LogP contribution in [0.2, 0.25) is 0 Å². The van der Waals surface area contributed by atoms with E-state index < -0.39 is 0 Å². The molecule has 0 radical (unpaired) electrons. The molecule has 0 aromatic heterocycles. The molecule has 1 aromatic carbocycles. The fourth-order valence-corrected chi connectivity index (χ4v) is 3.26. The number of carbonyl (C=O) groups excluding carboxylic acids is 1. The number of urea groups is 1. The molecule has 2 aliphatic heterocycles. The molecule has 1 atom stereocenters.